The number of aryl methyl sites for hydroxylation is 2. The van der Waals surface area contributed by atoms with Crippen LogP contribution in [0.15, 0.2) is 60.9 Å². The SMILES string of the molecule is CCCn1c(NC(=O)c2ccc(OCc3nccn3C)cc2)nc2ccccc21. The lowest BCUT2D eigenvalue weighted by molar-refractivity contribution is 0.102. The van der Waals surface area contributed by atoms with E-state index in [2.05, 4.69) is 22.2 Å². The zero-order valence-corrected chi connectivity index (χ0v) is 16.5. The van der Waals surface area contributed by atoms with Crippen molar-refractivity contribution < 1.29 is 9.53 Å². The third-order valence-corrected chi connectivity index (χ3v) is 4.73. The molecule has 1 amide bonds. The Balaban J connectivity index is 1.47. The summed E-state index contributed by atoms with van der Waals surface area (Å²) in [6.45, 7) is 3.26. The summed E-state index contributed by atoms with van der Waals surface area (Å²) in [7, 11) is 1.92. The number of para-hydroxylation sites is 2. The number of hydrogen-bond donors (Lipinski definition) is 1. The molecule has 0 aliphatic carbocycles. The Morgan fingerprint density at radius 3 is 2.66 bits per heavy atom. The maximum absolute atomic E-state index is 12.7. The molecule has 7 nitrogen and oxygen atoms in total. The van der Waals surface area contributed by atoms with Gasteiger partial charge in [-0.2, -0.15) is 0 Å². The van der Waals surface area contributed by atoms with Crippen molar-refractivity contribution in [3.05, 3.63) is 72.3 Å². The number of ether oxygens (including phenoxy) is 1. The molecule has 1 N–H and O–H groups in total. The lowest BCUT2D eigenvalue weighted by Gasteiger charge is -2.10. The minimum absolute atomic E-state index is 0.201. The predicted octanol–water partition coefficient (Wildman–Crippen LogP) is 4.01. The molecule has 0 bridgehead atoms. The van der Waals surface area contributed by atoms with Gasteiger partial charge in [0.15, 0.2) is 0 Å². The Labute approximate surface area is 169 Å². The molecule has 0 spiro atoms. The molecule has 0 unspecified atom stereocenters. The summed E-state index contributed by atoms with van der Waals surface area (Å²) < 4.78 is 9.69. The molecular weight excluding hydrogens is 366 g/mol. The van der Waals surface area contributed by atoms with Crippen LogP contribution in [0.1, 0.15) is 29.5 Å². The number of fused-ring (bicyclic) bond motifs is 1. The van der Waals surface area contributed by atoms with Crippen molar-refractivity contribution in [3.63, 3.8) is 0 Å². The van der Waals surface area contributed by atoms with Crippen molar-refractivity contribution in [3.8, 4) is 5.75 Å². The Bertz CT molecular complexity index is 1130. The molecular formula is C22H23N5O2. The lowest BCUT2D eigenvalue weighted by atomic mass is 10.2. The summed E-state index contributed by atoms with van der Waals surface area (Å²) in [5.74, 6) is 1.88. The second kappa shape index (κ2) is 8.18. The molecule has 0 aliphatic heterocycles. The molecule has 0 saturated carbocycles. The molecule has 2 heterocycles. The average Bonchev–Trinajstić information content (AvgIpc) is 3.30. The van der Waals surface area contributed by atoms with Gasteiger partial charge in [0.25, 0.3) is 5.91 Å². The Morgan fingerprint density at radius 2 is 1.93 bits per heavy atom. The Morgan fingerprint density at radius 1 is 1.14 bits per heavy atom. The molecule has 0 aliphatic rings. The van der Waals surface area contributed by atoms with Gasteiger partial charge >= 0.3 is 0 Å². The molecule has 0 saturated heterocycles. The zero-order valence-electron chi connectivity index (χ0n) is 16.5. The third-order valence-electron chi connectivity index (χ3n) is 4.73. The van der Waals surface area contributed by atoms with Crippen molar-refractivity contribution in [2.45, 2.75) is 26.5 Å². The monoisotopic (exact) mass is 389 g/mol. The van der Waals surface area contributed by atoms with Crippen LogP contribution >= 0.6 is 0 Å². The fraction of sp³-hybridized carbons (Fsp3) is 0.227. The first-order valence-electron chi connectivity index (χ1n) is 9.61. The summed E-state index contributed by atoms with van der Waals surface area (Å²) in [5, 5.41) is 2.94. The number of imidazole rings is 2. The number of carbonyl (C=O) groups excluding carboxylic acids is 1. The number of carbonyl (C=O) groups is 1. The smallest absolute Gasteiger partial charge is 0.257 e. The highest BCUT2D eigenvalue weighted by atomic mass is 16.5. The quantitative estimate of drug-likeness (QED) is 0.518. The van der Waals surface area contributed by atoms with Crippen LogP contribution in [-0.4, -0.2) is 25.0 Å². The van der Waals surface area contributed by atoms with E-state index in [9.17, 15) is 4.79 Å². The summed E-state index contributed by atoms with van der Waals surface area (Å²) in [5.41, 5.74) is 2.43. The highest BCUT2D eigenvalue weighted by Crippen LogP contribution is 2.21. The Hall–Kier alpha value is -3.61. The summed E-state index contributed by atoms with van der Waals surface area (Å²) in [4.78, 5) is 21.5. The van der Waals surface area contributed by atoms with Crippen LogP contribution < -0.4 is 10.1 Å². The maximum atomic E-state index is 12.7. The van der Waals surface area contributed by atoms with E-state index in [0.29, 0.717) is 23.9 Å². The molecule has 7 heteroatoms. The van der Waals surface area contributed by atoms with Crippen molar-refractivity contribution in [1.29, 1.82) is 0 Å². The van der Waals surface area contributed by atoms with E-state index >= 15 is 0 Å². The number of benzene rings is 2. The Kier molecular flexibility index (Phi) is 5.29. The van der Waals surface area contributed by atoms with Gasteiger partial charge in [-0.25, -0.2) is 9.97 Å². The number of aromatic nitrogens is 4. The van der Waals surface area contributed by atoms with Gasteiger partial charge in [0, 0.05) is 31.5 Å². The molecule has 4 rings (SSSR count). The van der Waals surface area contributed by atoms with Gasteiger partial charge in [-0.05, 0) is 42.8 Å². The van der Waals surface area contributed by atoms with Crippen LogP contribution in [-0.2, 0) is 20.2 Å². The van der Waals surface area contributed by atoms with E-state index in [-0.39, 0.29) is 5.91 Å². The van der Waals surface area contributed by atoms with Crippen LogP contribution in [0.25, 0.3) is 11.0 Å². The molecule has 2 aromatic carbocycles. The van der Waals surface area contributed by atoms with Crippen LogP contribution in [0.2, 0.25) is 0 Å². The third kappa shape index (κ3) is 3.99. The standard InChI is InChI=1S/C22H23N5O2/c1-3-13-27-19-7-5-4-6-18(19)24-22(27)25-21(28)16-8-10-17(11-9-16)29-15-20-23-12-14-26(20)2/h4-12,14H,3,13,15H2,1-2H3,(H,24,25,28). The number of nitrogens with one attached hydrogen (secondary N) is 1. The van der Waals surface area contributed by atoms with Crippen LogP contribution in [0.3, 0.4) is 0 Å². The fourth-order valence-electron chi connectivity index (χ4n) is 3.18. The first kappa shape index (κ1) is 18.7. The van der Waals surface area contributed by atoms with Crippen molar-refractivity contribution >= 4 is 22.9 Å². The topological polar surface area (TPSA) is 74.0 Å². The van der Waals surface area contributed by atoms with E-state index in [4.69, 9.17) is 4.74 Å². The first-order valence-corrected chi connectivity index (χ1v) is 9.61. The van der Waals surface area contributed by atoms with Gasteiger partial charge in [-0.3, -0.25) is 10.1 Å². The van der Waals surface area contributed by atoms with Crippen molar-refractivity contribution in [1.82, 2.24) is 19.1 Å². The van der Waals surface area contributed by atoms with Gasteiger partial charge in [-0.15, -0.1) is 0 Å². The van der Waals surface area contributed by atoms with Gasteiger partial charge in [0.2, 0.25) is 5.95 Å². The van der Waals surface area contributed by atoms with Gasteiger partial charge in [0.05, 0.1) is 11.0 Å². The van der Waals surface area contributed by atoms with Crippen molar-refractivity contribution in [2.75, 3.05) is 5.32 Å². The number of anilines is 1. The number of amides is 1. The van der Waals surface area contributed by atoms with E-state index in [1.54, 1.807) is 30.5 Å². The molecule has 29 heavy (non-hydrogen) atoms. The van der Waals surface area contributed by atoms with Crippen molar-refractivity contribution in [2.24, 2.45) is 7.05 Å². The molecule has 148 valence electrons. The number of nitrogens with zero attached hydrogens (tertiary/aromatic N) is 4. The van der Waals surface area contributed by atoms with Crippen LogP contribution in [0.4, 0.5) is 5.95 Å². The second-order valence-corrected chi connectivity index (χ2v) is 6.80. The van der Waals surface area contributed by atoms with Crippen LogP contribution in [0, 0.1) is 0 Å². The summed E-state index contributed by atoms with van der Waals surface area (Å²) in [6.07, 6.45) is 4.56. The highest BCUT2D eigenvalue weighted by Gasteiger charge is 2.14. The van der Waals surface area contributed by atoms with E-state index in [1.807, 2.05) is 46.6 Å². The van der Waals surface area contributed by atoms with Gasteiger partial charge < -0.3 is 13.9 Å². The summed E-state index contributed by atoms with van der Waals surface area (Å²) in [6, 6.07) is 14.9. The van der Waals surface area contributed by atoms with Crippen LogP contribution in [0.5, 0.6) is 5.75 Å². The summed E-state index contributed by atoms with van der Waals surface area (Å²) >= 11 is 0. The largest absolute Gasteiger partial charge is 0.486 e. The molecule has 0 fully saturated rings. The lowest BCUT2D eigenvalue weighted by Crippen LogP contribution is -2.16. The van der Waals surface area contributed by atoms with E-state index in [0.717, 1.165) is 29.8 Å². The van der Waals surface area contributed by atoms with Gasteiger partial charge in [-0.1, -0.05) is 19.1 Å². The zero-order chi connectivity index (χ0) is 20.2. The second-order valence-electron chi connectivity index (χ2n) is 6.80. The number of hydrogen-bond acceptors (Lipinski definition) is 4. The fourth-order valence-corrected chi connectivity index (χ4v) is 3.18. The van der Waals surface area contributed by atoms with Gasteiger partial charge in [0.1, 0.15) is 18.2 Å². The minimum Gasteiger partial charge on any atom is -0.486 e. The molecule has 2 aromatic heterocycles. The first-order chi connectivity index (χ1) is 14.2. The highest BCUT2D eigenvalue weighted by molar-refractivity contribution is 6.04. The average molecular weight is 389 g/mol. The molecule has 4 aromatic rings. The normalized spacial score (nSPS) is 11.0. The maximum Gasteiger partial charge on any atom is 0.257 e. The molecule has 0 atom stereocenters. The van der Waals surface area contributed by atoms with E-state index in [1.165, 1.54) is 0 Å². The predicted molar refractivity (Wildman–Crippen MR) is 112 cm³/mol. The van der Waals surface area contributed by atoms with E-state index < -0.39 is 0 Å². The number of rotatable bonds is 7. The molecule has 0 radical (unpaired) electrons. The minimum atomic E-state index is -0.201.